The molecule has 100 valence electrons. The van der Waals surface area contributed by atoms with Crippen LogP contribution < -0.4 is 9.64 Å². The van der Waals surface area contributed by atoms with Crippen molar-refractivity contribution in [2.45, 2.75) is 19.8 Å². The highest BCUT2D eigenvalue weighted by atomic mass is 16.5. The van der Waals surface area contributed by atoms with Gasteiger partial charge in [-0.15, -0.1) is 0 Å². The molecular weight excluding hydrogens is 238 g/mol. The second-order valence-corrected chi connectivity index (χ2v) is 5.06. The van der Waals surface area contributed by atoms with Crippen LogP contribution in [-0.2, 0) is 13.5 Å². The fourth-order valence-electron chi connectivity index (χ4n) is 2.76. The summed E-state index contributed by atoms with van der Waals surface area (Å²) in [6.07, 6.45) is 4.42. The summed E-state index contributed by atoms with van der Waals surface area (Å²) in [7, 11) is 3.68. The van der Waals surface area contributed by atoms with Crippen LogP contribution in [0, 0.1) is 6.92 Å². The normalized spacial score (nSPS) is 14.4. The molecule has 0 spiro atoms. The first kappa shape index (κ1) is 12.1. The number of rotatable bonds is 2. The highest BCUT2D eigenvalue weighted by Crippen LogP contribution is 2.35. The number of benzene rings is 1. The van der Waals surface area contributed by atoms with Gasteiger partial charge in [0.05, 0.1) is 7.11 Å². The molecule has 0 unspecified atom stereocenters. The third-order valence-electron chi connectivity index (χ3n) is 3.66. The molecule has 2 heterocycles. The van der Waals surface area contributed by atoms with Crippen molar-refractivity contribution in [3.8, 4) is 5.75 Å². The average Bonchev–Trinajstić information content (AvgIpc) is 2.78. The van der Waals surface area contributed by atoms with Gasteiger partial charge in [0.2, 0.25) is 0 Å². The average molecular weight is 257 g/mol. The Morgan fingerprint density at radius 2 is 2.16 bits per heavy atom. The minimum absolute atomic E-state index is 0.902. The van der Waals surface area contributed by atoms with E-state index in [0.29, 0.717) is 0 Å². The molecule has 2 aromatic rings. The predicted molar refractivity (Wildman–Crippen MR) is 76.3 cm³/mol. The maximum absolute atomic E-state index is 5.27. The van der Waals surface area contributed by atoms with Crippen LogP contribution in [0.15, 0.2) is 24.4 Å². The van der Waals surface area contributed by atoms with Crippen molar-refractivity contribution >= 4 is 11.5 Å². The highest BCUT2D eigenvalue weighted by molar-refractivity contribution is 5.67. The SMILES string of the molecule is COc1ccc(N2CCCc3cn(C)nc32)c(C)c1. The fourth-order valence-corrected chi connectivity index (χ4v) is 2.76. The third kappa shape index (κ3) is 2.07. The Labute approximate surface area is 113 Å². The first-order chi connectivity index (χ1) is 9.19. The number of hydrogen-bond donors (Lipinski definition) is 0. The van der Waals surface area contributed by atoms with Crippen LogP contribution in [0.3, 0.4) is 0 Å². The molecule has 0 fully saturated rings. The topological polar surface area (TPSA) is 30.3 Å². The smallest absolute Gasteiger partial charge is 0.158 e. The van der Waals surface area contributed by atoms with E-state index >= 15 is 0 Å². The number of ether oxygens (including phenoxy) is 1. The van der Waals surface area contributed by atoms with Gasteiger partial charge in [-0.25, -0.2) is 0 Å². The molecule has 0 radical (unpaired) electrons. The lowest BCUT2D eigenvalue weighted by Crippen LogP contribution is -2.25. The van der Waals surface area contributed by atoms with E-state index in [-0.39, 0.29) is 0 Å². The summed E-state index contributed by atoms with van der Waals surface area (Å²) >= 11 is 0. The van der Waals surface area contributed by atoms with Gasteiger partial charge in [-0.2, -0.15) is 5.10 Å². The Morgan fingerprint density at radius 1 is 1.32 bits per heavy atom. The molecule has 0 bridgehead atoms. The quantitative estimate of drug-likeness (QED) is 0.828. The van der Waals surface area contributed by atoms with E-state index in [2.05, 4.69) is 35.3 Å². The van der Waals surface area contributed by atoms with Gasteiger partial charge in [0.15, 0.2) is 5.82 Å². The molecule has 3 rings (SSSR count). The number of nitrogens with zero attached hydrogens (tertiary/aromatic N) is 3. The zero-order chi connectivity index (χ0) is 13.4. The van der Waals surface area contributed by atoms with Crippen molar-refractivity contribution < 1.29 is 4.74 Å². The van der Waals surface area contributed by atoms with Crippen molar-refractivity contribution in [3.05, 3.63) is 35.5 Å². The zero-order valence-electron chi connectivity index (χ0n) is 11.7. The first-order valence-electron chi connectivity index (χ1n) is 6.64. The van der Waals surface area contributed by atoms with E-state index in [0.717, 1.165) is 24.5 Å². The molecule has 0 saturated carbocycles. The van der Waals surface area contributed by atoms with Crippen molar-refractivity contribution in [2.75, 3.05) is 18.6 Å². The van der Waals surface area contributed by atoms with Crippen LogP contribution in [-0.4, -0.2) is 23.4 Å². The van der Waals surface area contributed by atoms with Gasteiger partial charge >= 0.3 is 0 Å². The molecule has 0 aliphatic carbocycles. The summed E-state index contributed by atoms with van der Waals surface area (Å²) in [6.45, 7) is 3.15. The number of methoxy groups -OCH3 is 1. The van der Waals surface area contributed by atoms with Crippen molar-refractivity contribution in [1.82, 2.24) is 9.78 Å². The molecule has 1 aromatic heterocycles. The summed E-state index contributed by atoms with van der Waals surface area (Å²) in [6, 6.07) is 6.21. The van der Waals surface area contributed by atoms with E-state index in [4.69, 9.17) is 4.74 Å². The molecule has 0 atom stereocenters. The minimum atomic E-state index is 0.902. The van der Waals surface area contributed by atoms with Crippen molar-refractivity contribution in [1.29, 1.82) is 0 Å². The molecule has 1 aliphatic rings. The van der Waals surface area contributed by atoms with Gasteiger partial charge in [-0.3, -0.25) is 4.68 Å². The van der Waals surface area contributed by atoms with Gasteiger partial charge in [-0.1, -0.05) is 0 Å². The Bertz CT molecular complexity index is 603. The fraction of sp³-hybridized carbons (Fsp3) is 0.400. The van der Waals surface area contributed by atoms with Crippen molar-refractivity contribution in [2.24, 2.45) is 7.05 Å². The van der Waals surface area contributed by atoms with Gasteiger partial charge in [0.25, 0.3) is 0 Å². The Morgan fingerprint density at radius 3 is 2.89 bits per heavy atom. The Kier molecular flexibility index (Phi) is 2.93. The molecule has 1 aromatic carbocycles. The lowest BCUT2D eigenvalue weighted by atomic mass is 10.1. The molecule has 4 heteroatoms. The van der Waals surface area contributed by atoms with Crippen molar-refractivity contribution in [3.63, 3.8) is 0 Å². The molecule has 0 saturated heterocycles. The zero-order valence-corrected chi connectivity index (χ0v) is 11.7. The van der Waals surface area contributed by atoms with Crippen LogP contribution in [0.4, 0.5) is 11.5 Å². The number of hydrogen-bond acceptors (Lipinski definition) is 3. The van der Waals surface area contributed by atoms with E-state index < -0.39 is 0 Å². The highest BCUT2D eigenvalue weighted by Gasteiger charge is 2.22. The lowest BCUT2D eigenvalue weighted by molar-refractivity contribution is 0.414. The Hall–Kier alpha value is -1.97. The first-order valence-corrected chi connectivity index (χ1v) is 6.64. The Balaban J connectivity index is 2.03. The molecule has 0 N–H and O–H groups in total. The maximum atomic E-state index is 5.27. The number of aryl methyl sites for hydroxylation is 3. The second-order valence-electron chi connectivity index (χ2n) is 5.06. The van der Waals surface area contributed by atoms with Gasteiger partial charge in [0.1, 0.15) is 5.75 Å². The summed E-state index contributed by atoms with van der Waals surface area (Å²) < 4.78 is 7.18. The van der Waals surface area contributed by atoms with Gasteiger partial charge in [0, 0.05) is 31.0 Å². The maximum Gasteiger partial charge on any atom is 0.158 e. The van der Waals surface area contributed by atoms with Gasteiger partial charge < -0.3 is 9.64 Å². The van der Waals surface area contributed by atoms with Crippen LogP contribution in [0.5, 0.6) is 5.75 Å². The van der Waals surface area contributed by atoms with E-state index in [1.165, 1.54) is 23.2 Å². The van der Waals surface area contributed by atoms with E-state index in [9.17, 15) is 0 Å². The van der Waals surface area contributed by atoms with E-state index in [1.807, 2.05) is 17.8 Å². The summed E-state index contributed by atoms with van der Waals surface area (Å²) in [4.78, 5) is 2.31. The molecule has 19 heavy (non-hydrogen) atoms. The monoisotopic (exact) mass is 257 g/mol. The van der Waals surface area contributed by atoms with E-state index in [1.54, 1.807) is 7.11 Å². The lowest BCUT2D eigenvalue weighted by Gasteiger charge is -2.29. The van der Waals surface area contributed by atoms with Crippen LogP contribution >= 0.6 is 0 Å². The number of anilines is 2. The number of fused-ring (bicyclic) bond motifs is 1. The van der Waals surface area contributed by atoms with Crippen LogP contribution in [0.1, 0.15) is 17.5 Å². The molecular formula is C15H19N3O. The van der Waals surface area contributed by atoms with Crippen LogP contribution in [0.2, 0.25) is 0 Å². The third-order valence-corrected chi connectivity index (χ3v) is 3.66. The molecule has 4 nitrogen and oxygen atoms in total. The van der Waals surface area contributed by atoms with Crippen LogP contribution in [0.25, 0.3) is 0 Å². The molecule has 1 aliphatic heterocycles. The molecule has 0 amide bonds. The predicted octanol–water partition coefficient (Wildman–Crippen LogP) is 2.82. The van der Waals surface area contributed by atoms with Gasteiger partial charge in [-0.05, 0) is 43.5 Å². The largest absolute Gasteiger partial charge is 0.497 e. The standard InChI is InChI=1S/C15H19N3O/c1-11-9-13(19-3)6-7-14(11)18-8-4-5-12-10-17(2)16-15(12)18/h6-7,9-10H,4-5,8H2,1-3H3. The minimum Gasteiger partial charge on any atom is -0.497 e. The summed E-state index contributed by atoms with van der Waals surface area (Å²) in [5, 5.41) is 4.60. The number of aromatic nitrogens is 2. The summed E-state index contributed by atoms with van der Waals surface area (Å²) in [5.41, 5.74) is 3.78. The summed E-state index contributed by atoms with van der Waals surface area (Å²) in [5.74, 6) is 2.00. The second kappa shape index (κ2) is 4.61.